The molecule has 20 heavy (non-hydrogen) atoms. The lowest BCUT2D eigenvalue weighted by molar-refractivity contribution is 0.0602. The molecule has 1 aromatic heterocycles. The molecule has 0 aliphatic heterocycles. The molecule has 1 heterocycles. The third-order valence-electron chi connectivity index (χ3n) is 2.58. The van der Waals surface area contributed by atoms with Crippen molar-refractivity contribution < 1.29 is 13.9 Å². The molecule has 0 aliphatic rings. The fourth-order valence-electron chi connectivity index (χ4n) is 1.58. The zero-order valence-electron chi connectivity index (χ0n) is 10.5. The molecule has 0 unspecified atom stereocenters. The second-order valence-electron chi connectivity index (χ2n) is 3.86. The average molecular weight is 340 g/mol. The number of methoxy groups -OCH3 is 1. The first-order chi connectivity index (χ1) is 9.52. The molecule has 2 aromatic rings. The van der Waals surface area contributed by atoms with Crippen molar-refractivity contribution >= 4 is 39.1 Å². The maximum absolute atomic E-state index is 13.7. The summed E-state index contributed by atoms with van der Waals surface area (Å²) >= 11 is 3.17. The van der Waals surface area contributed by atoms with Crippen LogP contribution in [0.4, 0.5) is 21.6 Å². The van der Waals surface area contributed by atoms with Gasteiger partial charge in [0.15, 0.2) is 5.82 Å². The van der Waals surface area contributed by atoms with Crippen LogP contribution in [0.2, 0.25) is 0 Å². The largest absolute Gasteiger partial charge is 0.465 e. The van der Waals surface area contributed by atoms with Crippen molar-refractivity contribution in [2.75, 3.05) is 18.2 Å². The third-order valence-corrected chi connectivity index (χ3v) is 3.07. The van der Waals surface area contributed by atoms with Crippen LogP contribution in [0.5, 0.6) is 0 Å². The molecule has 104 valence electrons. The number of carbonyl (C=O) groups excluding carboxylic acids is 1. The standard InChI is InChI=1S/C13H11BrFN3O2/c1-20-13(19)8-4-5-17-12(11(8)16)18-10-3-2-7(14)6-9(10)15/h2-6H,16H2,1H3,(H,17,18). The number of hydrogen-bond donors (Lipinski definition) is 2. The molecule has 0 saturated carbocycles. The highest BCUT2D eigenvalue weighted by Gasteiger charge is 2.14. The van der Waals surface area contributed by atoms with Gasteiger partial charge in [-0.25, -0.2) is 14.2 Å². The Morgan fingerprint density at radius 2 is 2.20 bits per heavy atom. The second kappa shape index (κ2) is 5.87. The monoisotopic (exact) mass is 339 g/mol. The van der Waals surface area contributed by atoms with E-state index in [1.807, 2.05) is 0 Å². The van der Waals surface area contributed by atoms with Crippen molar-refractivity contribution in [1.29, 1.82) is 0 Å². The lowest BCUT2D eigenvalue weighted by Crippen LogP contribution is -2.09. The topological polar surface area (TPSA) is 77.2 Å². The van der Waals surface area contributed by atoms with Crippen LogP contribution < -0.4 is 11.1 Å². The summed E-state index contributed by atoms with van der Waals surface area (Å²) in [6, 6.07) is 5.95. The van der Waals surface area contributed by atoms with E-state index in [2.05, 4.69) is 31.0 Å². The Balaban J connectivity index is 2.37. The third kappa shape index (κ3) is 2.88. The van der Waals surface area contributed by atoms with Crippen LogP contribution in [0.15, 0.2) is 34.9 Å². The van der Waals surface area contributed by atoms with Gasteiger partial charge in [0, 0.05) is 10.7 Å². The van der Waals surface area contributed by atoms with Crippen LogP contribution in [0, 0.1) is 5.82 Å². The molecule has 0 fully saturated rings. The summed E-state index contributed by atoms with van der Waals surface area (Å²) in [5.74, 6) is -0.859. The molecule has 0 spiro atoms. The summed E-state index contributed by atoms with van der Waals surface area (Å²) < 4.78 is 19.0. The molecule has 1 aromatic carbocycles. The minimum Gasteiger partial charge on any atom is -0.465 e. The Bertz CT molecular complexity index is 664. The van der Waals surface area contributed by atoms with Crippen LogP contribution >= 0.6 is 15.9 Å². The van der Waals surface area contributed by atoms with E-state index in [9.17, 15) is 9.18 Å². The lowest BCUT2D eigenvalue weighted by Gasteiger charge is -2.11. The minimum absolute atomic E-state index is 0.0988. The fourth-order valence-corrected chi connectivity index (χ4v) is 1.91. The number of halogens is 2. The van der Waals surface area contributed by atoms with Gasteiger partial charge in [-0.15, -0.1) is 0 Å². The van der Waals surface area contributed by atoms with E-state index in [4.69, 9.17) is 5.73 Å². The van der Waals surface area contributed by atoms with E-state index >= 15 is 0 Å². The van der Waals surface area contributed by atoms with Crippen molar-refractivity contribution in [1.82, 2.24) is 4.98 Å². The summed E-state index contributed by atoms with van der Waals surface area (Å²) in [7, 11) is 1.25. The smallest absolute Gasteiger partial charge is 0.340 e. The first-order valence-electron chi connectivity index (χ1n) is 5.57. The Labute approximate surface area is 123 Å². The molecule has 7 heteroatoms. The van der Waals surface area contributed by atoms with Gasteiger partial charge in [-0.05, 0) is 24.3 Å². The van der Waals surface area contributed by atoms with Gasteiger partial charge in [0.05, 0.1) is 24.0 Å². The highest BCUT2D eigenvalue weighted by Crippen LogP contribution is 2.27. The number of esters is 1. The van der Waals surface area contributed by atoms with Gasteiger partial charge >= 0.3 is 5.97 Å². The number of nitrogens with zero attached hydrogens (tertiary/aromatic N) is 1. The van der Waals surface area contributed by atoms with Gasteiger partial charge in [-0.2, -0.15) is 0 Å². The molecule has 3 N–H and O–H groups in total. The average Bonchev–Trinajstić information content (AvgIpc) is 2.43. The maximum Gasteiger partial charge on any atom is 0.340 e. The van der Waals surface area contributed by atoms with Crippen LogP contribution in [-0.2, 0) is 4.74 Å². The first-order valence-corrected chi connectivity index (χ1v) is 6.37. The number of nitrogens with two attached hydrogens (primary N) is 1. The predicted octanol–water partition coefficient (Wildman–Crippen LogP) is 3.10. The minimum atomic E-state index is -0.579. The second-order valence-corrected chi connectivity index (χ2v) is 4.78. The number of hydrogen-bond acceptors (Lipinski definition) is 5. The van der Waals surface area contributed by atoms with Crippen molar-refractivity contribution in [2.24, 2.45) is 0 Å². The summed E-state index contributed by atoms with van der Waals surface area (Å²) in [6.07, 6.45) is 1.39. The SMILES string of the molecule is COC(=O)c1ccnc(Nc2ccc(Br)cc2F)c1N. The van der Waals surface area contributed by atoms with E-state index < -0.39 is 11.8 Å². The Morgan fingerprint density at radius 1 is 1.45 bits per heavy atom. The summed E-state index contributed by atoms with van der Waals surface area (Å²) in [6.45, 7) is 0. The number of ether oxygens (including phenoxy) is 1. The summed E-state index contributed by atoms with van der Waals surface area (Å²) in [5, 5.41) is 2.75. The molecular weight excluding hydrogens is 329 g/mol. The number of nitrogen functional groups attached to an aromatic ring is 1. The lowest BCUT2D eigenvalue weighted by atomic mass is 10.2. The molecule has 2 rings (SSSR count). The quantitative estimate of drug-likeness (QED) is 0.840. The van der Waals surface area contributed by atoms with Crippen LogP contribution in [0.1, 0.15) is 10.4 Å². The molecule has 0 amide bonds. The predicted molar refractivity (Wildman–Crippen MR) is 77.4 cm³/mol. The van der Waals surface area contributed by atoms with E-state index in [1.165, 1.54) is 31.5 Å². The molecule has 0 bridgehead atoms. The van der Waals surface area contributed by atoms with E-state index in [0.717, 1.165) is 0 Å². The number of rotatable bonds is 3. The number of benzene rings is 1. The molecule has 0 saturated heterocycles. The Morgan fingerprint density at radius 3 is 2.85 bits per heavy atom. The number of carbonyl (C=O) groups is 1. The van der Waals surface area contributed by atoms with Gasteiger partial charge < -0.3 is 15.8 Å². The van der Waals surface area contributed by atoms with E-state index in [1.54, 1.807) is 6.07 Å². The molecule has 5 nitrogen and oxygen atoms in total. The Hall–Kier alpha value is -2.15. The van der Waals surface area contributed by atoms with Gasteiger partial charge in [0.25, 0.3) is 0 Å². The Kier molecular flexibility index (Phi) is 4.19. The number of anilines is 3. The van der Waals surface area contributed by atoms with Gasteiger partial charge in [0.2, 0.25) is 0 Å². The highest BCUT2D eigenvalue weighted by atomic mass is 79.9. The summed E-state index contributed by atoms with van der Waals surface area (Å²) in [4.78, 5) is 15.5. The van der Waals surface area contributed by atoms with Gasteiger partial charge in [-0.1, -0.05) is 15.9 Å². The zero-order valence-corrected chi connectivity index (χ0v) is 12.1. The molecule has 0 radical (unpaired) electrons. The maximum atomic E-state index is 13.7. The highest BCUT2D eigenvalue weighted by molar-refractivity contribution is 9.10. The zero-order chi connectivity index (χ0) is 14.7. The van der Waals surface area contributed by atoms with Crippen LogP contribution in [0.3, 0.4) is 0 Å². The number of nitrogens with one attached hydrogen (secondary N) is 1. The van der Waals surface area contributed by atoms with Crippen molar-refractivity contribution in [3.63, 3.8) is 0 Å². The van der Waals surface area contributed by atoms with E-state index in [0.29, 0.717) is 4.47 Å². The van der Waals surface area contributed by atoms with Crippen LogP contribution in [0.25, 0.3) is 0 Å². The fraction of sp³-hybridized carbons (Fsp3) is 0.0769. The van der Waals surface area contributed by atoms with Gasteiger partial charge in [0.1, 0.15) is 5.82 Å². The molecular formula is C13H11BrFN3O2. The normalized spacial score (nSPS) is 10.2. The number of aromatic nitrogens is 1. The summed E-state index contributed by atoms with van der Waals surface area (Å²) in [5.41, 5.74) is 6.30. The molecule has 0 aliphatic carbocycles. The van der Waals surface area contributed by atoms with Gasteiger partial charge in [-0.3, -0.25) is 0 Å². The molecule has 0 atom stereocenters. The van der Waals surface area contributed by atoms with E-state index in [-0.39, 0.29) is 22.8 Å². The first kappa shape index (κ1) is 14.3. The van der Waals surface area contributed by atoms with Crippen molar-refractivity contribution in [3.05, 3.63) is 46.3 Å². The van der Waals surface area contributed by atoms with Crippen molar-refractivity contribution in [3.8, 4) is 0 Å². The van der Waals surface area contributed by atoms with Crippen LogP contribution in [-0.4, -0.2) is 18.1 Å². The van der Waals surface area contributed by atoms with Crippen molar-refractivity contribution in [2.45, 2.75) is 0 Å². The number of pyridine rings is 1.